The third-order valence-electron chi connectivity index (χ3n) is 2.74. The third kappa shape index (κ3) is 2.69. The van der Waals surface area contributed by atoms with Crippen molar-refractivity contribution in [1.82, 2.24) is 9.78 Å². The zero-order valence-corrected chi connectivity index (χ0v) is 11.7. The minimum atomic E-state index is 0.772. The average molecular weight is 294 g/mol. The summed E-state index contributed by atoms with van der Waals surface area (Å²) in [6.07, 6.45) is 0.944. The van der Waals surface area contributed by atoms with Gasteiger partial charge in [-0.2, -0.15) is 5.10 Å². The van der Waals surface area contributed by atoms with Crippen LogP contribution < -0.4 is 5.32 Å². The standard InChI is InChI=1S/C13H16BrN3/c1-3-11-13(14)12(17(2)16-11)9-15-10-7-5-4-6-8-10/h4-8,15H,3,9H2,1-2H3. The van der Waals surface area contributed by atoms with Crippen molar-refractivity contribution in [3.63, 3.8) is 0 Å². The molecule has 2 aromatic rings. The van der Waals surface area contributed by atoms with Crippen LogP contribution in [0.5, 0.6) is 0 Å². The summed E-state index contributed by atoms with van der Waals surface area (Å²) >= 11 is 3.61. The van der Waals surface area contributed by atoms with E-state index in [-0.39, 0.29) is 0 Å². The predicted molar refractivity (Wildman–Crippen MR) is 74.1 cm³/mol. The average Bonchev–Trinajstić information content (AvgIpc) is 2.63. The van der Waals surface area contributed by atoms with Gasteiger partial charge >= 0.3 is 0 Å². The largest absolute Gasteiger partial charge is 0.379 e. The minimum absolute atomic E-state index is 0.772. The van der Waals surface area contributed by atoms with Crippen molar-refractivity contribution in [2.75, 3.05) is 5.32 Å². The maximum Gasteiger partial charge on any atom is 0.0767 e. The van der Waals surface area contributed by atoms with Gasteiger partial charge in [0.25, 0.3) is 0 Å². The number of benzene rings is 1. The molecule has 0 saturated heterocycles. The molecule has 0 unspecified atom stereocenters. The smallest absolute Gasteiger partial charge is 0.0767 e. The zero-order valence-electron chi connectivity index (χ0n) is 10.1. The van der Waals surface area contributed by atoms with Gasteiger partial charge in [0.2, 0.25) is 0 Å². The van der Waals surface area contributed by atoms with E-state index in [9.17, 15) is 0 Å². The van der Waals surface area contributed by atoms with Gasteiger partial charge < -0.3 is 5.32 Å². The Balaban J connectivity index is 2.12. The molecule has 0 fully saturated rings. The number of halogens is 1. The molecule has 1 N–H and O–H groups in total. The molecular weight excluding hydrogens is 278 g/mol. The van der Waals surface area contributed by atoms with Gasteiger partial charge in [-0.05, 0) is 34.5 Å². The van der Waals surface area contributed by atoms with Crippen LogP contribution in [0.25, 0.3) is 0 Å². The Morgan fingerprint density at radius 3 is 2.59 bits per heavy atom. The van der Waals surface area contributed by atoms with E-state index >= 15 is 0 Å². The number of aryl methyl sites for hydroxylation is 2. The number of aromatic nitrogens is 2. The molecule has 0 spiro atoms. The lowest BCUT2D eigenvalue weighted by Gasteiger charge is -2.07. The van der Waals surface area contributed by atoms with Crippen LogP contribution in [0.2, 0.25) is 0 Å². The summed E-state index contributed by atoms with van der Waals surface area (Å²) < 4.78 is 3.05. The summed E-state index contributed by atoms with van der Waals surface area (Å²) in [6, 6.07) is 10.2. The Kier molecular flexibility index (Phi) is 3.84. The number of anilines is 1. The van der Waals surface area contributed by atoms with E-state index in [0.717, 1.165) is 28.8 Å². The van der Waals surface area contributed by atoms with Crippen LogP contribution in [0.3, 0.4) is 0 Å². The van der Waals surface area contributed by atoms with Crippen LogP contribution in [0.1, 0.15) is 18.3 Å². The van der Waals surface area contributed by atoms with Crippen molar-refractivity contribution in [2.24, 2.45) is 7.05 Å². The summed E-state index contributed by atoms with van der Waals surface area (Å²) in [6.45, 7) is 2.88. The van der Waals surface area contributed by atoms with E-state index in [1.54, 1.807) is 0 Å². The van der Waals surface area contributed by atoms with Crippen molar-refractivity contribution < 1.29 is 0 Å². The lowest BCUT2D eigenvalue weighted by Crippen LogP contribution is -2.05. The molecule has 90 valence electrons. The summed E-state index contributed by atoms with van der Waals surface area (Å²) in [5, 5.41) is 7.86. The van der Waals surface area contributed by atoms with Crippen molar-refractivity contribution in [1.29, 1.82) is 0 Å². The van der Waals surface area contributed by atoms with Crippen LogP contribution in [-0.4, -0.2) is 9.78 Å². The number of para-hydroxylation sites is 1. The summed E-state index contributed by atoms with van der Waals surface area (Å²) in [7, 11) is 1.98. The van der Waals surface area contributed by atoms with E-state index in [2.05, 4.69) is 45.4 Å². The molecule has 0 aliphatic heterocycles. The summed E-state index contributed by atoms with van der Waals surface area (Å²) in [5.74, 6) is 0. The predicted octanol–water partition coefficient (Wildman–Crippen LogP) is 3.36. The first-order valence-corrected chi connectivity index (χ1v) is 6.50. The van der Waals surface area contributed by atoms with Crippen molar-refractivity contribution in [3.8, 4) is 0 Å². The highest BCUT2D eigenvalue weighted by Gasteiger charge is 2.11. The van der Waals surface area contributed by atoms with Gasteiger partial charge in [0, 0.05) is 12.7 Å². The summed E-state index contributed by atoms with van der Waals surface area (Å²) in [5.41, 5.74) is 3.40. The number of rotatable bonds is 4. The van der Waals surface area contributed by atoms with Crippen molar-refractivity contribution in [2.45, 2.75) is 19.9 Å². The maximum atomic E-state index is 4.47. The topological polar surface area (TPSA) is 29.9 Å². The van der Waals surface area contributed by atoms with Crippen molar-refractivity contribution >= 4 is 21.6 Å². The molecule has 1 aromatic heterocycles. The van der Waals surface area contributed by atoms with Crippen LogP contribution in [0.15, 0.2) is 34.8 Å². The monoisotopic (exact) mass is 293 g/mol. The fourth-order valence-electron chi connectivity index (χ4n) is 1.75. The van der Waals surface area contributed by atoms with Gasteiger partial charge in [0.15, 0.2) is 0 Å². The molecule has 0 amide bonds. The lowest BCUT2D eigenvalue weighted by molar-refractivity contribution is 0.706. The molecule has 3 nitrogen and oxygen atoms in total. The molecule has 1 heterocycles. The lowest BCUT2D eigenvalue weighted by atomic mass is 10.3. The molecule has 0 saturated carbocycles. The number of nitrogens with zero attached hydrogens (tertiary/aromatic N) is 2. The fraction of sp³-hybridized carbons (Fsp3) is 0.308. The maximum absolute atomic E-state index is 4.47. The second kappa shape index (κ2) is 5.36. The van der Waals surface area contributed by atoms with E-state index in [1.165, 1.54) is 5.69 Å². The van der Waals surface area contributed by atoms with E-state index in [4.69, 9.17) is 0 Å². The van der Waals surface area contributed by atoms with Crippen LogP contribution in [0, 0.1) is 0 Å². The molecule has 0 aliphatic rings. The zero-order chi connectivity index (χ0) is 12.3. The first-order chi connectivity index (χ1) is 8.22. The Hall–Kier alpha value is -1.29. The second-order valence-corrected chi connectivity index (χ2v) is 4.70. The molecular formula is C13H16BrN3. The molecule has 0 bridgehead atoms. The Morgan fingerprint density at radius 2 is 2.00 bits per heavy atom. The molecule has 17 heavy (non-hydrogen) atoms. The highest BCUT2D eigenvalue weighted by molar-refractivity contribution is 9.10. The number of hydrogen-bond donors (Lipinski definition) is 1. The highest BCUT2D eigenvalue weighted by atomic mass is 79.9. The van der Waals surface area contributed by atoms with Gasteiger partial charge in [-0.1, -0.05) is 25.1 Å². The molecule has 1 aromatic carbocycles. The van der Waals surface area contributed by atoms with E-state index < -0.39 is 0 Å². The van der Waals surface area contributed by atoms with E-state index in [1.807, 2.05) is 29.9 Å². The van der Waals surface area contributed by atoms with Crippen LogP contribution in [0.4, 0.5) is 5.69 Å². The van der Waals surface area contributed by atoms with Gasteiger partial charge in [0.05, 0.1) is 22.4 Å². The van der Waals surface area contributed by atoms with Gasteiger partial charge in [0.1, 0.15) is 0 Å². The summed E-state index contributed by atoms with van der Waals surface area (Å²) in [4.78, 5) is 0. The first-order valence-electron chi connectivity index (χ1n) is 5.71. The highest BCUT2D eigenvalue weighted by Crippen LogP contribution is 2.22. The van der Waals surface area contributed by atoms with Gasteiger partial charge in [-0.3, -0.25) is 4.68 Å². The quantitative estimate of drug-likeness (QED) is 0.937. The van der Waals surface area contributed by atoms with Gasteiger partial charge in [-0.25, -0.2) is 0 Å². The Morgan fingerprint density at radius 1 is 1.29 bits per heavy atom. The van der Waals surface area contributed by atoms with Crippen molar-refractivity contribution in [3.05, 3.63) is 46.2 Å². The molecule has 0 radical (unpaired) electrons. The fourth-order valence-corrected chi connectivity index (χ4v) is 2.51. The molecule has 4 heteroatoms. The Bertz CT molecular complexity index is 491. The third-order valence-corrected chi connectivity index (χ3v) is 3.65. The van der Waals surface area contributed by atoms with Gasteiger partial charge in [-0.15, -0.1) is 0 Å². The number of nitrogens with one attached hydrogen (secondary N) is 1. The molecule has 0 atom stereocenters. The molecule has 0 aliphatic carbocycles. The number of hydrogen-bond acceptors (Lipinski definition) is 2. The minimum Gasteiger partial charge on any atom is -0.379 e. The normalized spacial score (nSPS) is 10.5. The second-order valence-electron chi connectivity index (χ2n) is 3.90. The molecule has 2 rings (SSSR count). The van der Waals surface area contributed by atoms with Crippen LogP contribution >= 0.6 is 15.9 Å². The first kappa shape index (κ1) is 12.2. The van der Waals surface area contributed by atoms with Crippen LogP contribution in [-0.2, 0) is 20.0 Å². The Labute approximate surface area is 110 Å². The van der Waals surface area contributed by atoms with E-state index in [0.29, 0.717) is 0 Å². The SMILES string of the molecule is CCc1nn(C)c(CNc2ccccc2)c1Br.